The molecule has 6 nitrogen and oxygen atoms in total. The van der Waals surface area contributed by atoms with E-state index in [1.54, 1.807) is 11.3 Å². The molecule has 120 valence electrons. The maximum absolute atomic E-state index is 10.4. The molecule has 0 saturated carbocycles. The molecule has 2 atom stereocenters. The minimum atomic E-state index is -0.399. The number of hydrogen-bond donors (Lipinski definition) is 1. The zero-order chi connectivity index (χ0) is 16.0. The van der Waals surface area contributed by atoms with Gasteiger partial charge in [-0.1, -0.05) is 5.16 Å². The van der Waals surface area contributed by atoms with Crippen molar-refractivity contribution in [3.8, 4) is 0 Å². The highest BCUT2D eigenvalue weighted by Gasteiger charge is 2.34. The van der Waals surface area contributed by atoms with E-state index in [1.165, 1.54) is 0 Å². The van der Waals surface area contributed by atoms with Crippen LogP contribution in [0.1, 0.15) is 17.3 Å². The molecule has 3 aromatic heterocycles. The van der Waals surface area contributed by atoms with Crippen LogP contribution in [0.3, 0.4) is 0 Å². The average molecular weight is 330 g/mol. The van der Waals surface area contributed by atoms with Crippen molar-refractivity contribution in [3.05, 3.63) is 34.8 Å². The van der Waals surface area contributed by atoms with E-state index in [9.17, 15) is 5.11 Å². The summed E-state index contributed by atoms with van der Waals surface area (Å²) in [6.07, 6.45) is 0.291. The van der Waals surface area contributed by atoms with Crippen molar-refractivity contribution >= 4 is 27.4 Å². The number of hydrogen-bond acceptors (Lipinski definition) is 7. The first-order valence-corrected chi connectivity index (χ1v) is 8.55. The molecule has 0 unspecified atom stereocenters. The van der Waals surface area contributed by atoms with Gasteiger partial charge in [-0.15, -0.1) is 11.3 Å². The molecule has 0 aliphatic carbocycles. The lowest BCUT2D eigenvalue weighted by Gasteiger charge is -2.18. The molecule has 0 spiro atoms. The second kappa shape index (κ2) is 5.58. The first-order valence-electron chi connectivity index (χ1n) is 7.67. The molecule has 4 heterocycles. The summed E-state index contributed by atoms with van der Waals surface area (Å²) in [6.45, 7) is 5.15. The minimum absolute atomic E-state index is 0.117. The van der Waals surface area contributed by atoms with Gasteiger partial charge in [0.25, 0.3) is 0 Å². The lowest BCUT2D eigenvalue weighted by atomic mass is 10.0. The molecule has 1 aliphatic rings. The average Bonchev–Trinajstić information content (AvgIpc) is 3.20. The third-order valence-electron chi connectivity index (χ3n) is 4.26. The topological polar surface area (TPSA) is 75.3 Å². The number of rotatable bonds is 3. The second-order valence-corrected chi connectivity index (χ2v) is 7.00. The summed E-state index contributed by atoms with van der Waals surface area (Å²) in [4.78, 5) is 12.2. The van der Waals surface area contributed by atoms with Gasteiger partial charge in [-0.3, -0.25) is 0 Å². The Bertz CT molecular complexity index is 844. The van der Waals surface area contributed by atoms with E-state index >= 15 is 0 Å². The first kappa shape index (κ1) is 14.6. The van der Waals surface area contributed by atoms with E-state index in [1.807, 2.05) is 31.4 Å². The van der Waals surface area contributed by atoms with Gasteiger partial charge >= 0.3 is 0 Å². The van der Waals surface area contributed by atoms with Gasteiger partial charge in [-0.2, -0.15) is 0 Å². The van der Waals surface area contributed by atoms with Crippen molar-refractivity contribution < 1.29 is 9.63 Å². The Balaban J connectivity index is 1.59. The Labute approximate surface area is 137 Å². The number of aliphatic hydroxyl groups excluding tert-OH is 1. The molecular formula is C16H18N4O2S. The van der Waals surface area contributed by atoms with Crippen LogP contribution in [0.2, 0.25) is 0 Å². The van der Waals surface area contributed by atoms with Crippen LogP contribution in [0.15, 0.2) is 22.0 Å². The monoisotopic (exact) mass is 330 g/mol. The van der Waals surface area contributed by atoms with Crippen molar-refractivity contribution in [1.82, 2.24) is 15.1 Å². The lowest BCUT2D eigenvalue weighted by Crippen LogP contribution is -2.22. The van der Waals surface area contributed by atoms with Gasteiger partial charge in [0.05, 0.1) is 17.2 Å². The van der Waals surface area contributed by atoms with Crippen molar-refractivity contribution in [1.29, 1.82) is 0 Å². The summed E-state index contributed by atoms with van der Waals surface area (Å²) < 4.78 is 5.29. The van der Waals surface area contributed by atoms with Gasteiger partial charge in [0, 0.05) is 31.5 Å². The summed E-state index contributed by atoms with van der Waals surface area (Å²) >= 11 is 1.62. The van der Waals surface area contributed by atoms with Gasteiger partial charge in [-0.05, 0) is 25.3 Å². The Morgan fingerprint density at radius 2 is 2.22 bits per heavy atom. The van der Waals surface area contributed by atoms with Crippen LogP contribution >= 0.6 is 11.3 Å². The molecule has 0 amide bonds. The number of anilines is 1. The molecule has 7 heteroatoms. The minimum Gasteiger partial charge on any atom is -0.391 e. The van der Waals surface area contributed by atoms with Crippen LogP contribution < -0.4 is 4.90 Å². The maximum atomic E-state index is 10.4. The number of aliphatic hydroxyl groups is 1. The van der Waals surface area contributed by atoms with E-state index in [0.717, 1.165) is 39.9 Å². The molecule has 4 rings (SSSR count). The van der Waals surface area contributed by atoms with Crippen molar-refractivity contribution in [2.75, 3.05) is 18.0 Å². The van der Waals surface area contributed by atoms with Crippen LogP contribution in [-0.4, -0.2) is 39.4 Å². The van der Waals surface area contributed by atoms with E-state index < -0.39 is 6.10 Å². The standard InChI is InChI=1S/C16H18N4O2S/c1-9-5-12(22-19-9)6-11-7-20(8-14(11)21)15-13-3-4-23-16(13)18-10(2)17-15/h3-5,11,14,21H,6-8H2,1-2H3/t11-,14-/m1/s1. The van der Waals surface area contributed by atoms with Gasteiger partial charge in [0.15, 0.2) is 0 Å². The van der Waals surface area contributed by atoms with Gasteiger partial charge < -0.3 is 14.5 Å². The molecule has 1 aliphatic heterocycles. The van der Waals surface area contributed by atoms with E-state index in [4.69, 9.17) is 4.52 Å². The fourth-order valence-corrected chi connectivity index (χ4v) is 3.99. The first-order chi connectivity index (χ1) is 11.1. The smallest absolute Gasteiger partial charge is 0.141 e. The molecule has 0 radical (unpaired) electrons. The molecule has 1 fully saturated rings. The SMILES string of the molecule is Cc1cc(C[C@@H]2CN(c3nc(C)nc4sccc34)C[C@H]2O)on1. The Kier molecular flexibility index (Phi) is 3.54. The van der Waals surface area contributed by atoms with Crippen LogP contribution in [0.4, 0.5) is 5.82 Å². The molecule has 3 aromatic rings. The lowest BCUT2D eigenvalue weighted by molar-refractivity contribution is 0.143. The van der Waals surface area contributed by atoms with Crippen LogP contribution in [0.25, 0.3) is 10.2 Å². The fraction of sp³-hybridized carbons (Fsp3) is 0.438. The van der Waals surface area contributed by atoms with Gasteiger partial charge in [-0.25, -0.2) is 9.97 Å². The summed E-state index contributed by atoms with van der Waals surface area (Å²) in [6, 6.07) is 3.98. The number of aromatic nitrogens is 3. The van der Waals surface area contributed by atoms with Crippen molar-refractivity contribution in [2.45, 2.75) is 26.4 Å². The number of β-amino-alcohol motifs (C(OH)–C–C–N with tert-alkyl or cyclic N) is 1. The summed E-state index contributed by atoms with van der Waals surface area (Å²) in [5.74, 6) is 2.63. The van der Waals surface area contributed by atoms with E-state index in [2.05, 4.69) is 20.0 Å². The van der Waals surface area contributed by atoms with E-state index in [0.29, 0.717) is 13.0 Å². The van der Waals surface area contributed by atoms with Crippen molar-refractivity contribution in [2.24, 2.45) is 5.92 Å². The highest BCUT2D eigenvalue weighted by atomic mass is 32.1. The summed E-state index contributed by atoms with van der Waals surface area (Å²) in [5, 5.41) is 17.4. The molecule has 0 aromatic carbocycles. The number of thiophene rings is 1. The summed E-state index contributed by atoms with van der Waals surface area (Å²) in [7, 11) is 0. The third-order valence-corrected chi connectivity index (χ3v) is 5.07. The molecule has 23 heavy (non-hydrogen) atoms. The largest absolute Gasteiger partial charge is 0.391 e. The van der Waals surface area contributed by atoms with Crippen LogP contribution in [-0.2, 0) is 6.42 Å². The highest BCUT2D eigenvalue weighted by Crippen LogP contribution is 2.32. The van der Waals surface area contributed by atoms with E-state index in [-0.39, 0.29) is 5.92 Å². The molecule has 0 bridgehead atoms. The highest BCUT2D eigenvalue weighted by molar-refractivity contribution is 7.16. The zero-order valence-electron chi connectivity index (χ0n) is 13.1. The van der Waals surface area contributed by atoms with Gasteiger partial charge in [0.2, 0.25) is 0 Å². The van der Waals surface area contributed by atoms with Gasteiger partial charge in [0.1, 0.15) is 22.2 Å². The Hall–Kier alpha value is -1.99. The number of aryl methyl sites for hydroxylation is 2. The molecule has 1 saturated heterocycles. The van der Waals surface area contributed by atoms with Crippen molar-refractivity contribution in [3.63, 3.8) is 0 Å². The Morgan fingerprint density at radius 3 is 3.00 bits per heavy atom. The number of fused-ring (bicyclic) bond motifs is 1. The fourth-order valence-electron chi connectivity index (χ4n) is 3.18. The second-order valence-electron chi connectivity index (χ2n) is 6.10. The number of nitrogens with zero attached hydrogens (tertiary/aromatic N) is 4. The molecular weight excluding hydrogens is 312 g/mol. The predicted octanol–water partition coefficient (Wildman–Crippen LogP) is 2.34. The normalized spacial score (nSPS) is 21.4. The van der Waals surface area contributed by atoms with Crippen LogP contribution in [0, 0.1) is 19.8 Å². The quantitative estimate of drug-likeness (QED) is 0.794. The zero-order valence-corrected chi connectivity index (χ0v) is 13.9. The summed E-state index contributed by atoms with van der Waals surface area (Å²) in [5.41, 5.74) is 0.871. The Morgan fingerprint density at radius 1 is 1.35 bits per heavy atom. The van der Waals surface area contributed by atoms with Crippen LogP contribution in [0.5, 0.6) is 0 Å². The maximum Gasteiger partial charge on any atom is 0.141 e. The predicted molar refractivity (Wildman–Crippen MR) is 88.8 cm³/mol. The third kappa shape index (κ3) is 2.70. The molecule has 1 N–H and O–H groups in total.